The lowest BCUT2D eigenvalue weighted by Crippen LogP contribution is -2.52. The Bertz CT molecular complexity index is 224. The fourth-order valence-corrected chi connectivity index (χ4v) is 12.7. The molecule has 0 heterocycles. The largest absolute Gasteiger partial charge is 0.421 e. The molecule has 1 saturated carbocycles. The second-order valence-electron chi connectivity index (χ2n) is 5.70. The molecule has 1 rings (SSSR count). The van der Waals surface area contributed by atoms with Crippen LogP contribution in [0.25, 0.3) is 0 Å². The summed E-state index contributed by atoms with van der Waals surface area (Å²) in [6.45, 7) is 4.52. The molecule has 0 amide bonds. The monoisotopic (exact) mass is 276 g/mol. The molecule has 3 nitrogen and oxygen atoms in total. The molecule has 1 aliphatic carbocycles. The number of hydrogen-bond donors (Lipinski definition) is 0. The molecule has 0 bridgehead atoms. The summed E-state index contributed by atoms with van der Waals surface area (Å²) in [6, 6.07) is 0. The van der Waals surface area contributed by atoms with Crippen molar-refractivity contribution >= 4 is 16.9 Å². The second kappa shape index (κ2) is 6.47. The minimum Gasteiger partial charge on any atom is -0.421 e. The number of rotatable bonds is 6. The van der Waals surface area contributed by atoms with Crippen molar-refractivity contribution in [1.82, 2.24) is 0 Å². The van der Waals surface area contributed by atoms with Gasteiger partial charge in [0.15, 0.2) is 8.32 Å². The van der Waals surface area contributed by atoms with Crippen molar-refractivity contribution in [2.75, 3.05) is 21.3 Å². The highest BCUT2D eigenvalue weighted by molar-refractivity contribution is 6.88. The van der Waals surface area contributed by atoms with E-state index in [-0.39, 0.29) is 0 Å². The van der Waals surface area contributed by atoms with Gasteiger partial charge in [0.05, 0.1) is 0 Å². The first-order chi connectivity index (χ1) is 7.99. The van der Waals surface area contributed by atoms with Gasteiger partial charge in [-0.25, -0.2) is 0 Å². The summed E-state index contributed by atoms with van der Waals surface area (Å²) < 4.78 is 17.6. The fraction of sp³-hybridized carbons (Fsp3) is 1.00. The molecule has 0 saturated heterocycles. The summed E-state index contributed by atoms with van der Waals surface area (Å²) in [6.07, 6.45) is 6.60. The minimum absolute atomic E-state index is 0.660. The quantitative estimate of drug-likeness (QED) is 0.696. The summed E-state index contributed by atoms with van der Waals surface area (Å²) in [5.74, 6) is 0. The molecule has 0 aromatic heterocycles. The van der Waals surface area contributed by atoms with Gasteiger partial charge in [-0.05, 0) is 25.9 Å². The van der Waals surface area contributed by atoms with Gasteiger partial charge in [0.2, 0.25) is 0 Å². The van der Waals surface area contributed by atoms with Crippen molar-refractivity contribution in [1.29, 1.82) is 0 Å². The lowest BCUT2D eigenvalue weighted by molar-refractivity contribution is 0.219. The molecular weight excluding hydrogens is 248 g/mol. The first-order valence-corrected chi connectivity index (χ1v) is 11.9. The first-order valence-electron chi connectivity index (χ1n) is 6.65. The zero-order valence-electron chi connectivity index (χ0n) is 12.0. The summed E-state index contributed by atoms with van der Waals surface area (Å²) in [5.41, 5.74) is 1.71. The zero-order chi connectivity index (χ0) is 12.9. The summed E-state index contributed by atoms with van der Waals surface area (Å²) in [5, 5.41) is 0. The van der Waals surface area contributed by atoms with Crippen molar-refractivity contribution in [2.24, 2.45) is 0 Å². The van der Waals surface area contributed by atoms with E-state index in [4.69, 9.17) is 13.3 Å². The zero-order valence-corrected chi connectivity index (χ0v) is 14.0. The molecular formula is C12H28O3Si2. The van der Waals surface area contributed by atoms with Crippen LogP contribution in [0.15, 0.2) is 0 Å². The van der Waals surface area contributed by atoms with Crippen LogP contribution in [0.2, 0.25) is 24.3 Å². The van der Waals surface area contributed by atoms with Crippen molar-refractivity contribution in [2.45, 2.75) is 56.4 Å². The predicted molar refractivity (Wildman–Crippen MR) is 75.9 cm³/mol. The van der Waals surface area contributed by atoms with Gasteiger partial charge < -0.3 is 13.3 Å². The molecule has 5 heteroatoms. The van der Waals surface area contributed by atoms with Crippen LogP contribution in [0, 0.1) is 0 Å². The first kappa shape index (κ1) is 15.4. The van der Waals surface area contributed by atoms with Crippen molar-refractivity contribution in [3.05, 3.63) is 0 Å². The number of hydrogen-bond acceptors (Lipinski definition) is 3. The Morgan fingerprint density at radius 1 is 0.882 bits per heavy atom. The van der Waals surface area contributed by atoms with E-state index in [2.05, 4.69) is 13.1 Å². The maximum Gasteiger partial charge on any atom is 0.340 e. The van der Waals surface area contributed by atoms with E-state index < -0.39 is 16.9 Å². The van der Waals surface area contributed by atoms with Crippen LogP contribution < -0.4 is 0 Å². The molecule has 1 aliphatic rings. The molecule has 0 unspecified atom stereocenters. The van der Waals surface area contributed by atoms with E-state index in [1.807, 2.05) is 21.3 Å². The van der Waals surface area contributed by atoms with Crippen LogP contribution in [0.4, 0.5) is 0 Å². The Hall–Kier alpha value is 0.314. The highest BCUT2D eigenvalue weighted by Crippen LogP contribution is 2.41. The molecule has 0 aromatic carbocycles. The van der Waals surface area contributed by atoms with Gasteiger partial charge in [0.25, 0.3) is 0 Å². The smallest absolute Gasteiger partial charge is 0.340 e. The fourth-order valence-electron chi connectivity index (χ4n) is 2.91. The molecule has 0 N–H and O–H groups in total. The van der Waals surface area contributed by atoms with Crippen molar-refractivity contribution < 1.29 is 13.3 Å². The molecule has 0 radical (unpaired) electrons. The average Bonchev–Trinajstić information content (AvgIpc) is 2.37. The van der Waals surface area contributed by atoms with Crippen LogP contribution in [0.5, 0.6) is 0 Å². The lowest BCUT2D eigenvalue weighted by atomic mass is 10.0. The lowest BCUT2D eigenvalue weighted by Gasteiger charge is -2.40. The molecule has 0 aliphatic heterocycles. The van der Waals surface area contributed by atoms with Gasteiger partial charge in [0.1, 0.15) is 0 Å². The molecule has 0 aromatic rings. The van der Waals surface area contributed by atoms with Gasteiger partial charge in [0, 0.05) is 32.5 Å². The standard InChI is InChI=1S/C12H28O3Si2/c1-13-16(4,5)11-17(14-2,15-3)12-9-7-6-8-10-12/h12H,6-11H2,1-5H3. The Morgan fingerprint density at radius 3 is 1.82 bits per heavy atom. The summed E-state index contributed by atoms with van der Waals surface area (Å²) in [4.78, 5) is 0. The van der Waals surface area contributed by atoms with E-state index in [0.717, 1.165) is 5.67 Å². The summed E-state index contributed by atoms with van der Waals surface area (Å²) in [7, 11) is 1.82. The maximum absolute atomic E-state index is 5.94. The normalized spacial score (nSPS) is 19.6. The van der Waals surface area contributed by atoms with E-state index in [1.54, 1.807) is 0 Å². The highest BCUT2D eigenvalue weighted by Gasteiger charge is 2.49. The van der Waals surface area contributed by atoms with E-state index in [0.29, 0.717) is 5.54 Å². The van der Waals surface area contributed by atoms with Gasteiger partial charge in [-0.3, -0.25) is 0 Å². The van der Waals surface area contributed by atoms with Gasteiger partial charge in [-0.15, -0.1) is 0 Å². The molecule has 17 heavy (non-hydrogen) atoms. The van der Waals surface area contributed by atoms with Gasteiger partial charge in [-0.1, -0.05) is 19.3 Å². The molecule has 0 spiro atoms. The average molecular weight is 277 g/mol. The van der Waals surface area contributed by atoms with E-state index in [1.165, 1.54) is 32.1 Å². The molecule has 1 fully saturated rings. The van der Waals surface area contributed by atoms with E-state index in [9.17, 15) is 0 Å². The minimum atomic E-state index is -2.06. The highest BCUT2D eigenvalue weighted by atomic mass is 28.4. The second-order valence-corrected chi connectivity index (χ2v) is 14.3. The van der Waals surface area contributed by atoms with E-state index >= 15 is 0 Å². The summed E-state index contributed by atoms with van der Waals surface area (Å²) >= 11 is 0. The van der Waals surface area contributed by atoms with Crippen LogP contribution in [0.3, 0.4) is 0 Å². The third-order valence-corrected chi connectivity index (χ3v) is 13.8. The van der Waals surface area contributed by atoms with Crippen LogP contribution >= 0.6 is 0 Å². The Kier molecular flexibility index (Phi) is 5.85. The van der Waals surface area contributed by atoms with Crippen molar-refractivity contribution in [3.8, 4) is 0 Å². The Morgan fingerprint density at radius 2 is 1.41 bits per heavy atom. The topological polar surface area (TPSA) is 27.7 Å². The third-order valence-electron chi connectivity index (χ3n) is 4.14. The Labute approximate surface area is 108 Å². The maximum atomic E-state index is 5.94. The van der Waals surface area contributed by atoms with Crippen LogP contribution in [0.1, 0.15) is 32.1 Å². The third kappa shape index (κ3) is 3.89. The Balaban J connectivity index is 2.79. The SMILES string of the molecule is CO[Si](C)(C)C[Si](OC)(OC)C1CCCCC1. The molecule has 0 atom stereocenters. The van der Waals surface area contributed by atoms with Gasteiger partial charge in [-0.2, -0.15) is 0 Å². The van der Waals surface area contributed by atoms with Crippen LogP contribution in [-0.2, 0) is 13.3 Å². The molecule has 102 valence electrons. The van der Waals surface area contributed by atoms with Crippen LogP contribution in [-0.4, -0.2) is 38.2 Å². The predicted octanol–water partition coefficient (Wildman–Crippen LogP) is 3.45. The van der Waals surface area contributed by atoms with Gasteiger partial charge >= 0.3 is 8.56 Å². The van der Waals surface area contributed by atoms with Crippen molar-refractivity contribution in [3.63, 3.8) is 0 Å².